The predicted molar refractivity (Wildman–Crippen MR) is 86.8 cm³/mol. The molecule has 1 N–H and O–H groups in total. The molecule has 0 amide bonds. The van der Waals surface area contributed by atoms with E-state index in [2.05, 4.69) is 48.2 Å². The molecule has 0 aliphatic rings. The zero-order valence-electron chi connectivity index (χ0n) is 12.0. The third-order valence-electron chi connectivity index (χ3n) is 2.62. The quantitative estimate of drug-likeness (QED) is 0.742. The molecule has 2 heteroatoms. The van der Waals surface area contributed by atoms with Crippen LogP contribution >= 0.6 is 0 Å². The Morgan fingerprint density at radius 1 is 1.16 bits per heavy atom. The van der Waals surface area contributed by atoms with Crippen molar-refractivity contribution < 1.29 is 0 Å². The molecule has 0 aromatic heterocycles. The van der Waals surface area contributed by atoms with Crippen LogP contribution in [0.15, 0.2) is 59.4 Å². The highest BCUT2D eigenvalue weighted by atomic mass is 15.0. The fraction of sp³-hybridized carbons (Fsp3) is 0.235. The van der Waals surface area contributed by atoms with E-state index in [1.165, 1.54) is 10.8 Å². The van der Waals surface area contributed by atoms with Gasteiger partial charge in [0.05, 0.1) is 0 Å². The second-order valence-electron chi connectivity index (χ2n) is 3.81. The number of fused-ring (bicyclic) bond motifs is 1. The Labute approximate surface area is 115 Å². The number of nitrogens with zero attached hydrogens (tertiary/aromatic N) is 1. The molecule has 0 atom stereocenters. The lowest BCUT2D eigenvalue weighted by atomic mass is 10.1. The molecular formula is C17H22N2. The van der Waals surface area contributed by atoms with Crippen LogP contribution < -0.4 is 5.32 Å². The second kappa shape index (κ2) is 8.09. The van der Waals surface area contributed by atoms with Crippen molar-refractivity contribution in [3.8, 4) is 0 Å². The largest absolute Gasteiger partial charge is 0.340 e. The van der Waals surface area contributed by atoms with E-state index in [0.29, 0.717) is 0 Å². The molecule has 0 saturated heterocycles. The van der Waals surface area contributed by atoms with Gasteiger partial charge in [-0.05, 0) is 30.7 Å². The van der Waals surface area contributed by atoms with Crippen molar-refractivity contribution >= 4 is 23.2 Å². The van der Waals surface area contributed by atoms with E-state index in [-0.39, 0.29) is 0 Å². The molecule has 0 bridgehead atoms. The SMILES string of the molecule is C=N/C(=C\CC)Nc1cccc2ccccc12.CC. The predicted octanol–water partition coefficient (Wildman–Crippen LogP) is 5.23. The van der Waals surface area contributed by atoms with Gasteiger partial charge in [0, 0.05) is 11.1 Å². The van der Waals surface area contributed by atoms with Crippen LogP contribution in [-0.4, -0.2) is 6.72 Å². The highest BCUT2D eigenvalue weighted by Gasteiger charge is 2.00. The summed E-state index contributed by atoms with van der Waals surface area (Å²) in [6.07, 6.45) is 2.96. The first-order valence-corrected chi connectivity index (χ1v) is 6.77. The number of hydrogen-bond donors (Lipinski definition) is 1. The third kappa shape index (κ3) is 3.95. The second-order valence-corrected chi connectivity index (χ2v) is 3.81. The van der Waals surface area contributed by atoms with Gasteiger partial charge in [-0.15, -0.1) is 0 Å². The van der Waals surface area contributed by atoms with Crippen LogP contribution in [0.5, 0.6) is 0 Å². The van der Waals surface area contributed by atoms with E-state index in [0.717, 1.165) is 17.9 Å². The van der Waals surface area contributed by atoms with Crippen LogP contribution in [0.1, 0.15) is 27.2 Å². The first-order chi connectivity index (χ1) is 9.35. The van der Waals surface area contributed by atoms with E-state index >= 15 is 0 Å². The van der Waals surface area contributed by atoms with Gasteiger partial charge in [0.25, 0.3) is 0 Å². The zero-order chi connectivity index (χ0) is 14.1. The number of rotatable bonds is 4. The van der Waals surface area contributed by atoms with E-state index in [9.17, 15) is 0 Å². The molecule has 0 spiro atoms. The number of hydrogen-bond acceptors (Lipinski definition) is 2. The molecule has 19 heavy (non-hydrogen) atoms. The van der Waals surface area contributed by atoms with Crippen LogP contribution in [0.2, 0.25) is 0 Å². The Morgan fingerprint density at radius 2 is 1.84 bits per heavy atom. The van der Waals surface area contributed by atoms with Gasteiger partial charge in [-0.1, -0.05) is 57.2 Å². The van der Waals surface area contributed by atoms with Gasteiger partial charge in [0.1, 0.15) is 5.82 Å². The maximum absolute atomic E-state index is 3.98. The van der Waals surface area contributed by atoms with Gasteiger partial charge in [-0.25, -0.2) is 4.99 Å². The maximum Gasteiger partial charge on any atom is 0.125 e. The molecule has 2 aromatic rings. The summed E-state index contributed by atoms with van der Waals surface area (Å²) in [6.45, 7) is 9.65. The number of benzene rings is 2. The first kappa shape index (κ1) is 15.0. The van der Waals surface area contributed by atoms with E-state index < -0.39 is 0 Å². The molecule has 0 fully saturated rings. The number of anilines is 1. The Morgan fingerprint density at radius 3 is 2.53 bits per heavy atom. The topological polar surface area (TPSA) is 24.4 Å². The Kier molecular flexibility index (Phi) is 6.37. The Bertz CT molecular complexity index is 551. The average molecular weight is 254 g/mol. The molecule has 0 heterocycles. The molecule has 0 aliphatic carbocycles. The summed E-state index contributed by atoms with van der Waals surface area (Å²) in [5, 5.41) is 5.72. The monoisotopic (exact) mass is 254 g/mol. The van der Waals surface area contributed by atoms with E-state index in [1.807, 2.05) is 38.1 Å². The Hall–Kier alpha value is -2.09. The molecule has 0 saturated carbocycles. The maximum atomic E-state index is 3.98. The molecule has 0 unspecified atom stereocenters. The van der Waals surface area contributed by atoms with Crippen LogP contribution in [0.25, 0.3) is 10.8 Å². The van der Waals surface area contributed by atoms with Gasteiger partial charge >= 0.3 is 0 Å². The van der Waals surface area contributed by atoms with E-state index in [4.69, 9.17) is 0 Å². The van der Waals surface area contributed by atoms with Crippen molar-refractivity contribution in [1.82, 2.24) is 0 Å². The van der Waals surface area contributed by atoms with Gasteiger partial charge in [-0.3, -0.25) is 0 Å². The lowest BCUT2D eigenvalue weighted by Crippen LogP contribution is -1.97. The molecule has 0 aliphatic heterocycles. The van der Waals surface area contributed by atoms with Crippen molar-refractivity contribution in [2.75, 3.05) is 5.32 Å². The lowest BCUT2D eigenvalue weighted by Gasteiger charge is -2.09. The summed E-state index contributed by atoms with van der Waals surface area (Å²) in [7, 11) is 0. The molecular weight excluding hydrogens is 232 g/mol. The van der Waals surface area contributed by atoms with Gasteiger partial charge in [-0.2, -0.15) is 0 Å². The molecule has 2 rings (SSSR count). The molecule has 2 nitrogen and oxygen atoms in total. The minimum Gasteiger partial charge on any atom is -0.340 e. The molecule has 0 radical (unpaired) electrons. The smallest absolute Gasteiger partial charge is 0.125 e. The van der Waals surface area contributed by atoms with Crippen molar-refractivity contribution in [2.45, 2.75) is 27.2 Å². The summed E-state index contributed by atoms with van der Waals surface area (Å²) in [4.78, 5) is 3.98. The van der Waals surface area contributed by atoms with E-state index in [1.54, 1.807) is 0 Å². The van der Waals surface area contributed by atoms with Crippen molar-refractivity contribution in [3.05, 3.63) is 54.4 Å². The average Bonchev–Trinajstić information content (AvgIpc) is 2.49. The fourth-order valence-corrected chi connectivity index (χ4v) is 1.82. The summed E-state index contributed by atoms with van der Waals surface area (Å²) in [6, 6.07) is 14.5. The van der Waals surface area contributed by atoms with Crippen LogP contribution in [0, 0.1) is 0 Å². The van der Waals surface area contributed by atoms with Crippen molar-refractivity contribution in [1.29, 1.82) is 0 Å². The minimum absolute atomic E-state index is 0.809. The number of aliphatic imine (C=N–C) groups is 1. The standard InChI is InChI=1S/C15H16N2.C2H6/c1-3-7-15(16-2)17-14-11-6-9-12-8-4-5-10-13(12)14;1-2/h4-11,17H,2-3H2,1H3;1-2H3/b15-7+;. The number of allylic oxidation sites excluding steroid dienone is 1. The number of nitrogens with one attached hydrogen (secondary N) is 1. The highest BCUT2D eigenvalue weighted by Crippen LogP contribution is 2.24. The lowest BCUT2D eigenvalue weighted by molar-refractivity contribution is 1.16. The van der Waals surface area contributed by atoms with Crippen molar-refractivity contribution in [3.63, 3.8) is 0 Å². The first-order valence-electron chi connectivity index (χ1n) is 6.77. The normalized spacial score (nSPS) is 10.6. The third-order valence-corrected chi connectivity index (χ3v) is 2.62. The van der Waals surface area contributed by atoms with Crippen LogP contribution in [-0.2, 0) is 0 Å². The molecule has 2 aromatic carbocycles. The van der Waals surface area contributed by atoms with Gasteiger partial charge < -0.3 is 5.32 Å². The zero-order valence-corrected chi connectivity index (χ0v) is 12.0. The summed E-state index contributed by atoms with van der Waals surface area (Å²) in [5.74, 6) is 0.809. The summed E-state index contributed by atoms with van der Waals surface area (Å²) in [5.41, 5.74) is 1.07. The van der Waals surface area contributed by atoms with Gasteiger partial charge in [0.2, 0.25) is 0 Å². The summed E-state index contributed by atoms with van der Waals surface area (Å²) >= 11 is 0. The summed E-state index contributed by atoms with van der Waals surface area (Å²) < 4.78 is 0. The minimum atomic E-state index is 0.809. The highest BCUT2D eigenvalue weighted by molar-refractivity contribution is 5.94. The van der Waals surface area contributed by atoms with Crippen LogP contribution in [0.4, 0.5) is 5.69 Å². The van der Waals surface area contributed by atoms with Crippen LogP contribution in [0.3, 0.4) is 0 Å². The molecule has 100 valence electrons. The van der Waals surface area contributed by atoms with Gasteiger partial charge in [0.15, 0.2) is 0 Å². The van der Waals surface area contributed by atoms with Crippen molar-refractivity contribution in [2.24, 2.45) is 4.99 Å². The fourth-order valence-electron chi connectivity index (χ4n) is 1.82. The Balaban J connectivity index is 0.000000861.